The minimum absolute atomic E-state index is 0.443. The number of nitrogens with two attached hydrogens (primary N) is 1. The Hall–Kier alpha value is -0.610. The molecule has 1 saturated carbocycles. The van der Waals surface area contributed by atoms with E-state index in [-0.39, 0.29) is 0 Å². The number of nitrogens with one attached hydrogen (secondary N) is 1. The molecule has 0 spiro atoms. The Morgan fingerprint density at radius 3 is 2.84 bits per heavy atom. The zero-order valence-corrected chi connectivity index (χ0v) is 13.7. The van der Waals surface area contributed by atoms with E-state index in [1.54, 1.807) is 0 Å². The van der Waals surface area contributed by atoms with Crippen LogP contribution in [0.25, 0.3) is 0 Å². The number of hydrogen-bond donors (Lipinski definition) is 2. The predicted octanol–water partition coefficient (Wildman–Crippen LogP) is 4.46. The van der Waals surface area contributed by atoms with Crippen molar-refractivity contribution in [2.75, 3.05) is 5.32 Å². The standard InChI is InChI=1S/C15H21BrN2S/c1-2-10-6-3-4-8-12(10)18-13-9-5-7-11(16)14(13)15(17)19/h5,7,9-10,12,18H,2-4,6,8H2,1H3,(H2,17,19). The molecule has 0 amide bonds. The second-order valence-electron chi connectivity index (χ2n) is 5.23. The second kappa shape index (κ2) is 6.71. The monoisotopic (exact) mass is 340 g/mol. The molecule has 3 N–H and O–H groups in total. The molecule has 2 atom stereocenters. The van der Waals surface area contributed by atoms with Crippen molar-refractivity contribution >= 4 is 38.8 Å². The lowest BCUT2D eigenvalue weighted by Gasteiger charge is -2.33. The Balaban J connectivity index is 2.22. The number of rotatable bonds is 4. The van der Waals surface area contributed by atoms with Crippen LogP contribution >= 0.6 is 28.1 Å². The van der Waals surface area contributed by atoms with Gasteiger partial charge in [-0.3, -0.25) is 0 Å². The third-order valence-corrected chi connectivity index (χ3v) is 4.90. The number of thiocarbonyl (C=S) groups is 1. The van der Waals surface area contributed by atoms with Crippen LogP contribution in [-0.4, -0.2) is 11.0 Å². The van der Waals surface area contributed by atoms with Crippen molar-refractivity contribution in [3.63, 3.8) is 0 Å². The Kier molecular flexibility index (Phi) is 5.22. The van der Waals surface area contributed by atoms with E-state index < -0.39 is 0 Å². The molecule has 1 fully saturated rings. The number of anilines is 1. The lowest BCUT2D eigenvalue weighted by Crippen LogP contribution is -2.32. The molecule has 1 aliphatic carbocycles. The molecule has 0 radical (unpaired) electrons. The van der Waals surface area contributed by atoms with Crippen LogP contribution in [0.5, 0.6) is 0 Å². The SMILES string of the molecule is CCC1CCCCC1Nc1cccc(Br)c1C(N)=S. The van der Waals surface area contributed by atoms with Crippen molar-refractivity contribution < 1.29 is 0 Å². The molecular formula is C15H21BrN2S. The lowest BCUT2D eigenvalue weighted by molar-refractivity contribution is 0.317. The van der Waals surface area contributed by atoms with Gasteiger partial charge in [-0.1, -0.05) is 44.5 Å². The van der Waals surface area contributed by atoms with Gasteiger partial charge in [-0.05, 0) is 46.8 Å². The zero-order valence-electron chi connectivity index (χ0n) is 11.3. The molecule has 2 unspecified atom stereocenters. The molecule has 104 valence electrons. The van der Waals surface area contributed by atoms with Gasteiger partial charge in [0.25, 0.3) is 0 Å². The topological polar surface area (TPSA) is 38.0 Å². The molecule has 1 aromatic rings. The van der Waals surface area contributed by atoms with Crippen LogP contribution < -0.4 is 11.1 Å². The first-order valence-electron chi connectivity index (χ1n) is 6.98. The maximum absolute atomic E-state index is 5.85. The maximum Gasteiger partial charge on any atom is 0.107 e. The summed E-state index contributed by atoms with van der Waals surface area (Å²) in [5, 5.41) is 3.68. The maximum atomic E-state index is 5.85. The molecule has 0 aromatic heterocycles. The van der Waals surface area contributed by atoms with E-state index in [0.717, 1.165) is 21.6 Å². The van der Waals surface area contributed by atoms with Gasteiger partial charge >= 0.3 is 0 Å². The summed E-state index contributed by atoms with van der Waals surface area (Å²) >= 11 is 8.71. The van der Waals surface area contributed by atoms with Crippen LogP contribution in [0.2, 0.25) is 0 Å². The fourth-order valence-electron chi connectivity index (χ4n) is 2.98. The van der Waals surface area contributed by atoms with Crippen LogP contribution in [0.4, 0.5) is 5.69 Å². The summed E-state index contributed by atoms with van der Waals surface area (Å²) in [5.41, 5.74) is 7.84. The summed E-state index contributed by atoms with van der Waals surface area (Å²) in [6.07, 6.45) is 6.46. The van der Waals surface area contributed by atoms with E-state index in [0.29, 0.717) is 11.0 Å². The average Bonchev–Trinajstić information content (AvgIpc) is 2.39. The van der Waals surface area contributed by atoms with Crippen LogP contribution in [0, 0.1) is 5.92 Å². The summed E-state index contributed by atoms with van der Waals surface area (Å²) in [6.45, 7) is 2.28. The summed E-state index contributed by atoms with van der Waals surface area (Å²) in [5.74, 6) is 0.756. The Bertz CT molecular complexity index is 461. The molecule has 0 aliphatic heterocycles. The molecule has 1 aliphatic rings. The van der Waals surface area contributed by atoms with Gasteiger partial charge in [-0.2, -0.15) is 0 Å². The Labute approximate surface area is 129 Å². The normalized spacial score (nSPS) is 23.1. The van der Waals surface area contributed by atoms with Gasteiger partial charge in [-0.25, -0.2) is 0 Å². The minimum Gasteiger partial charge on any atom is -0.389 e. The van der Waals surface area contributed by atoms with Gasteiger partial charge in [0, 0.05) is 21.8 Å². The summed E-state index contributed by atoms with van der Waals surface area (Å²) in [6, 6.07) is 6.62. The van der Waals surface area contributed by atoms with Crippen molar-refractivity contribution in [1.29, 1.82) is 0 Å². The van der Waals surface area contributed by atoms with Crippen LogP contribution in [-0.2, 0) is 0 Å². The molecule has 0 saturated heterocycles. The van der Waals surface area contributed by atoms with Gasteiger partial charge in [0.2, 0.25) is 0 Å². The first-order chi connectivity index (χ1) is 9.13. The van der Waals surface area contributed by atoms with Crippen LogP contribution in [0.1, 0.15) is 44.6 Å². The summed E-state index contributed by atoms with van der Waals surface area (Å²) in [4.78, 5) is 0.443. The van der Waals surface area contributed by atoms with E-state index in [1.165, 1.54) is 32.1 Å². The fourth-order valence-corrected chi connectivity index (χ4v) is 3.91. The van der Waals surface area contributed by atoms with Gasteiger partial charge in [0.1, 0.15) is 4.99 Å². The third-order valence-electron chi connectivity index (χ3n) is 4.03. The highest BCUT2D eigenvalue weighted by atomic mass is 79.9. The molecule has 0 bridgehead atoms. The highest BCUT2D eigenvalue weighted by Crippen LogP contribution is 2.32. The van der Waals surface area contributed by atoms with E-state index in [9.17, 15) is 0 Å². The second-order valence-corrected chi connectivity index (χ2v) is 6.52. The lowest BCUT2D eigenvalue weighted by atomic mass is 9.82. The minimum atomic E-state index is 0.443. The smallest absolute Gasteiger partial charge is 0.107 e. The van der Waals surface area contributed by atoms with E-state index in [4.69, 9.17) is 18.0 Å². The van der Waals surface area contributed by atoms with Gasteiger partial charge in [0.05, 0.1) is 0 Å². The molecule has 1 aromatic carbocycles. The molecular weight excluding hydrogens is 320 g/mol. The average molecular weight is 341 g/mol. The molecule has 2 nitrogen and oxygen atoms in total. The van der Waals surface area contributed by atoms with Crippen LogP contribution in [0.15, 0.2) is 22.7 Å². The summed E-state index contributed by atoms with van der Waals surface area (Å²) in [7, 11) is 0. The number of benzene rings is 1. The largest absolute Gasteiger partial charge is 0.389 e. The first kappa shape index (κ1) is 14.8. The zero-order chi connectivity index (χ0) is 13.8. The molecule has 2 rings (SSSR count). The third kappa shape index (κ3) is 3.48. The highest BCUT2D eigenvalue weighted by Gasteiger charge is 2.24. The first-order valence-corrected chi connectivity index (χ1v) is 8.18. The fraction of sp³-hybridized carbons (Fsp3) is 0.533. The summed E-state index contributed by atoms with van der Waals surface area (Å²) < 4.78 is 0.967. The van der Waals surface area contributed by atoms with Gasteiger partial charge in [-0.15, -0.1) is 0 Å². The van der Waals surface area contributed by atoms with E-state index >= 15 is 0 Å². The Morgan fingerprint density at radius 1 is 1.42 bits per heavy atom. The number of hydrogen-bond acceptors (Lipinski definition) is 2. The predicted molar refractivity (Wildman–Crippen MR) is 89.7 cm³/mol. The van der Waals surface area contributed by atoms with Crippen molar-refractivity contribution in [3.05, 3.63) is 28.2 Å². The van der Waals surface area contributed by atoms with E-state index in [2.05, 4.69) is 34.2 Å². The highest BCUT2D eigenvalue weighted by molar-refractivity contribution is 9.10. The van der Waals surface area contributed by atoms with E-state index in [1.807, 2.05) is 12.1 Å². The molecule has 4 heteroatoms. The van der Waals surface area contributed by atoms with Crippen molar-refractivity contribution in [2.24, 2.45) is 11.7 Å². The molecule has 0 heterocycles. The Morgan fingerprint density at radius 2 is 2.16 bits per heavy atom. The van der Waals surface area contributed by atoms with Crippen molar-refractivity contribution in [3.8, 4) is 0 Å². The van der Waals surface area contributed by atoms with Crippen molar-refractivity contribution in [2.45, 2.75) is 45.1 Å². The van der Waals surface area contributed by atoms with Crippen molar-refractivity contribution in [1.82, 2.24) is 0 Å². The molecule has 19 heavy (non-hydrogen) atoms. The van der Waals surface area contributed by atoms with Crippen LogP contribution in [0.3, 0.4) is 0 Å². The number of halogens is 1. The van der Waals surface area contributed by atoms with Gasteiger partial charge in [0.15, 0.2) is 0 Å². The van der Waals surface area contributed by atoms with Gasteiger partial charge < -0.3 is 11.1 Å². The quantitative estimate of drug-likeness (QED) is 0.794.